The van der Waals surface area contributed by atoms with Crippen molar-refractivity contribution in [3.8, 4) is 0 Å². The van der Waals surface area contributed by atoms with Crippen LogP contribution in [0.1, 0.15) is 260 Å². The summed E-state index contributed by atoms with van der Waals surface area (Å²) in [5.74, 6) is -0.157. The van der Waals surface area contributed by atoms with Crippen molar-refractivity contribution in [1.29, 1.82) is 0 Å². The number of carbonyl (C=O) groups excluding carboxylic acids is 2. The minimum atomic E-state index is -0.0892. The molecule has 0 aromatic rings. The zero-order valence-corrected chi connectivity index (χ0v) is 39.6. The quantitative estimate of drug-likeness (QED) is 0.0350. The van der Waals surface area contributed by atoms with Crippen molar-refractivity contribution in [1.82, 2.24) is 0 Å². The number of ether oxygens (including phenoxy) is 2. The Morgan fingerprint density at radius 2 is 0.776 bits per heavy atom. The summed E-state index contributed by atoms with van der Waals surface area (Å²) in [7, 11) is 0. The highest BCUT2D eigenvalue weighted by molar-refractivity contribution is 5.69. The maximum absolute atomic E-state index is 12.6. The Hall–Kier alpha value is -2.36. The monoisotopic (exact) mass is 809 g/mol. The lowest BCUT2D eigenvalue weighted by Gasteiger charge is -2.10. The van der Waals surface area contributed by atoms with Gasteiger partial charge in [-0.3, -0.25) is 9.59 Å². The molecule has 0 heterocycles. The van der Waals surface area contributed by atoms with Gasteiger partial charge < -0.3 is 9.47 Å². The summed E-state index contributed by atoms with van der Waals surface area (Å²) < 4.78 is 11.3. The van der Waals surface area contributed by atoms with Crippen molar-refractivity contribution < 1.29 is 19.1 Å². The van der Waals surface area contributed by atoms with Gasteiger partial charge in [0.2, 0.25) is 0 Å². The van der Waals surface area contributed by atoms with Gasteiger partial charge in [-0.2, -0.15) is 0 Å². The standard InChI is InChI=1S/C54H96O4/c1-7-9-11-13-15-17-19-21-22-24-26-27-29-31-33-44-53(55)57-47-46-51(6)41-37-43-52(42-36-40-50(5)39-35-38-49(3)4)48-58-54(56)45-34-32-30-28-25-23-20-18-16-14-12-10-8-2/h21-22,38,40,43,46H,7-20,23-37,39,41-42,44-45,47-48H2,1-6H3/b22-21-,50-40+,51-46-,52-43+. The second-order valence-electron chi connectivity index (χ2n) is 17.5. The minimum Gasteiger partial charge on any atom is -0.461 e. The van der Waals surface area contributed by atoms with Gasteiger partial charge >= 0.3 is 11.9 Å². The van der Waals surface area contributed by atoms with Gasteiger partial charge in [0.05, 0.1) is 0 Å². The number of hydrogen-bond acceptors (Lipinski definition) is 4. The van der Waals surface area contributed by atoms with E-state index in [1.807, 2.05) is 6.08 Å². The molecule has 0 fully saturated rings. The molecule has 0 aromatic carbocycles. The maximum atomic E-state index is 12.6. The van der Waals surface area contributed by atoms with Crippen molar-refractivity contribution in [3.05, 3.63) is 58.7 Å². The van der Waals surface area contributed by atoms with Crippen LogP contribution < -0.4 is 0 Å². The molecule has 0 saturated heterocycles. The third kappa shape index (κ3) is 43.2. The molecule has 336 valence electrons. The summed E-state index contributed by atoms with van der Waals surface area (Å²) >= 11 is 0. The van der Waals surface area contributed by atoms with E-state index in [4.69, 9.17) is 9.47 Å². The second-order valence-corrected chi connectivity index (χ2v) is 17.5. The van der Waals surface area contributed by atoms with Gasteiger partial charge in [0.15, 0.2) is 0 Å². The van der Waals surface area contributed by atoms with Gasteiger partial charge in [-0.15, -0.1) is 0 Å². The van der Waals surface area contributed by atoms with E-state index in [9.17, 15) is 9.59 Å². The van der Waals surface area contributed by atoms with E-state index in [1.54, 1.807) is 0 Å². The van der Waals surface area contributed by atoms with Gasteiger partial charge in [-0.25, -0.2) is 0 Å². The van der Waals surface area contributed by atoms with Crippen LogP contribution in [0, 0.1) is 0 Å². The van der Waals surface area contributed by atoms with Gasteiger partial charge in [0.25, 0.3) is 0 Å². The van der Waals surface area contributed by atoms with E-state index in [1.165, 1.54) is 164 Å². The van der Waals surface area contributed by atoms with Gasteiger partial charge in [-0.05, 0) is 116 Å². The Bertz CT molecular complexity index is 1100. The molecule has 58 heavy (non-hydrogen) atoms. The van der Waals surface area contributed by atoms with E-state index in [-0.39, 0.29) is 11.9 Å². The van der Waals surface area contributed by atoms with Crippen LogP contribution in [-0.4, -0.2) is 25.2 Å². The van der Waals surface area contributed by atoms with Crippen LogP contribution in [0.15, 0.2) is 58.7 Å². The van der Waals surface area contributed by atoms with E-state index in [0.717, 1.165) is 64.2 Å². The lowest BCUT2D eigenvalue weighted by molar-refractivity contribution is -0.143. The summed E-state index contributed by atoms with van der Waals surface area (Å²) in [4.78, 5) is 24.9. The first-order valence-electron chi connectivity index (χ1n) is 24.9. The molecular formula is C54H96O4. The fourth-order valence-corrected chi connectivity index (χ4v) is 7.26. The number of esters is 2. The number of rotatable bonds is 42. The Kier molecular flexibility index (Phi) is 42.4. The van der Waals surface area contributed by atoms with Gasteiger partial charge in [0, 0.05) is 12.8 Å². The van der Waals surface area contributed by atoms with Gasteiger partial charge in [-0.1, -0.05) is 189 Å². The Morgan fingerprint density at radius 3 is 1.26 bits per heavy atom. The first-order valence-corrected chi connectivity index (χ1v) is 24.9. The zero-order valence-electron chi connectivity index (χ0n) is 39.6. The Balaban J connectivity index is 4.40. The SMILES string of the molecule is CCCCCCCC/C=C\CCCCCCCC(=O)OC/C=C(/C)CC/C=C(\CC/C=C(\C)CCC=C(C)C)COC(=O)CCCCCCCCCCCCCCC. The fraction of sp³-hybridized carbons (Fsp3) is 0.778. The average Bonchev–Trinajstić information content (AvgIpc) is 3.19. The highest BCUT2D eigenvalue weighted by Crippen LogP contribution is 2.17. The van der Waals surface area contributed by atoms with E-state index < -0.39 is 0 Å². The molecule has 0 aliphatic rings. The van der Waals surface area contributed by atoms with Crippen LogP contribution in [0.3, 0.4) is 0 Å². The van der Waals surface area contributed by atoms with E-state index in [2.05, 4.69) is 71.9 Å². The molecule has 0 aliphatic carbocycles. The molecule has 0 spiro atoms. The van der Waals surface area contributed by atoms with Crippen LogP contribution in [0.5, 0.6) is 0 Å². The Labute approximate surface area is 361 Å². The van der Waals surface area contributed by atoms with Crippen molar-refractivity contribution in [2.75, 3.05) is 13.2 Å². The van der Waals surface area contributed by atoms with Crippen LogP contribution >= 0.6 is 0 Å². The smallest absolute Gasteiger partial charge is 0.306 e. The summed E-state index contributed by atoms with van der Waals surface area (Å²) in [6.07, 6.45) is 53.8. The molecule has 0 unspecified atom stereocenters. The number of carbonyl (C=O) groups is 2. The molecule has 4 nitrogen and oxygen atoms in total. The van der Waals surface area contributed by atoms with Crippen LogP contribution in [0.2, 0.25) is 0 Å². The topological polar surface area (TPSA) is 52.6 Å². The lowest BCUT2D eigenvalue weighted by atomic mass is 10.0. The zero-order chi connectivity index (χ0) is 42.6. The molecular weight excluding hydrogens is 713 g/mol. The molecule has 0 amide bonds. The first kappa shape index (κ1) is 55.6. The maximum Gasteiger partial charge on any atom is 0.306 e. The van der Waals surface area contributed by atoms with Crippen LogP contribution in [0.4, 0.5) is 0 Å². The Morgan fingerprint density at radius 1 is 0.379 bits per heavy atom. The molecule has 0 rings (SSSR count). The van der Waals surface area contributed by atoms with Crippen LogP contribution in [-0.2, 0) is 19.1 Å². The molecule has 0 N–H and O–H groups in total. The predicted octanol–water partition coefficient (Wildman–Crippen LogP) is 17.7. The molecule has 0 bridgehead atoms. The van der Waals surface area contributed by atoms with E-state index in [0.29, 0.717) is 26.1 Å². The average molecular weight is 809 g/mol. The first-order chi connectivity index (χ1) is 28.3. The largest absolute Gasteiger partial charge is 0.461 e. The summed E-state index contributed by atoms with van der Waals surface area (Å²) in [6.45, 7) is 13.9. The highest BCUT2D eigenvalue weighted by Gasteiger charge is 2.07. The molecule has 0 atom stereocenters. The third-order valence-electron chi connectivity index (χ3n) is 11.2. The fourth-order valence-electron chi connectivity index (χ4n) is 7.26. The van der Waals surface area contributed by atoms with Crippen molar-refractivity contribution in [2.45, 2.75) is 260 Å². The lowest BCUT2D eigenvalue weighted by Crippen LogP contribution is -2.08. The number of unbranched alkanes of at least 4 members (excludes halogenated alkanes) is 23. The van der Waals surface area contributed by atoms with Crippen LogP contribution in [0.25, 0.3) is 0 Å². The van der Waals surface area contributed by atoms with E-state index >= 15 is 0 Å². The van der Waals surface area contributed by atoms with Gasteiger partial charge in [0.1, 0.15) is 13.2 Å². The molecule has 0 radical (unpaired) electrons. The molecule has 0 saturated carbocycles. The van der Waals surface area contributed by atoms with Crippen molar-refractivity contribution in [2.24, 2.45) is 0 Å². The second kappa shape index (κ2) is 44.2. The summed E-state index contributed by atoms with van der Waals surface area (Å²) in [5.41, 5.74) is 5.21. The molecule has 0 aliphatic heterocycles. The summed E-state index contributed by atoms with van der Waals surface area (Å²) in [5, 5.41) is 0. The number of allylic oxidation sites excluding steroid dienone is 8. The minimum absolute atomic E-state index is 0.0675. The molecule has 0 aromatic heterocycles. The van der Waals surface area contributed by atoms with Crippen molar-refractivity contribution >= 4 is 11.9 Å². The molecule has 4 heteroatoms. The summed E-state index contributed by atoms with van der Waals surface area (Å²) in [6, 6.07) is 0. The number of hydrogen-bond donors (Lipinski definition) is 0. The highest BCUT2D eigenvalue weighted by atomic mass is 16.5. The third-order valence-corrected chi connectivity index (χ3v) is 11.2. The normalized spacial score (nSPS) is 12.4. The van der Waals surface area contributed by atoms with Crippen molar-refractivity contribution in [3.63, 3.8) is 0 Å². The predicted molar refractivity (Wildman–Crippen MR) is 254 cm³/mol.